The molecule has 2 atom stereocenters. The van der Waals surface area contributed by atoms with Gasteiger partial charge in [-0.3, -0.25) is 10.2 Å². The molecule has 3 heterocycles. The van der Waals surface area contributed by atoms with Gasteiger partial charge in [-0.15, -0.1) is 0 Å². The maximum Gasteiger partial charge on any atom is 0.251 e. The van der Waals surface area contributed by atoms with Gasteiger partial charge in [-0.2, -0.15) is 5.11 Å². The predicted molar refractivity (Wildman–Crippen MR) is 121 cm³/mol. The molecule has 4 rings (SSSR count). The molecule has 0 bridgehead atoms. The van der Waals surface area contributed by atoms with Crippen LogP contribution in [0.15, 0.2) is 52.9 Å². The summed E-state index contributed by atoms with van der Waals surface area (Å²) in [5, 5.41) is 11.7. The molecule has 0 saturated carbocycles. The summed E-state index contributed by atoms with van der Waals surface area (Å²) in [6, 6.07) is 11.3. The topological polar surface area (TPSA) is 110 Å². The number of carbonyl (C=O) groups is 1. The largest absolute Gasteiger partial charge is 0.493 e. The second-order valence-electron chi connectivity index (χ2n) is 7.49. The molecule has 0 saturated heterocycles. The lowest BCUT2D eigenvalue weighted by Gasteiger charge is -2.14. The van der Waals surface area contributed by atoms with Crippen molar-refractivity contribution in [3.8, 4) is 22.9 Å². The Balaban J connectivity index is 1.59. The molecule has 2 unspecified atom stereocenters. The number of nitrogens with zero attached hydrogens (tertiary/aromatic N) is 4. The predicted octanol–water partition coefficient (Wildman–Crippen LogP) is 3.55. The maximum atomic E-state index is 12.7. The van der Waals surface area contributed by atoms with E-state index in [1.807, 2.05) is 38.1 Å². The first-order valence-corrected chi connectivity index (χ1v) is 10.6. The molecule has 2 aromatic heterocycles. The molecule has 1 aliphatic rings. The smallest absolute Gasteiger partial charge is 0.251 e. The summed E-state index contributed by atoms with van der Waals surface area (Å²) in [4.78, 5) is 21.7. The van der Waals surface area contributed by atoms with Gasteiger partial charge in [0.05, 0.1) is 37.0 Å². The molecule has 0 fully saturated rings. The average molecular weight is 435 g/mol. The van der Waals surface area contributed by atoms with Gasteiger partial charge in [-0.25, -0.2) is 9.97 Å². The van der Waals surface area contributed by atoms with Crippen LogP contribution in [0.3, 0.4) is 0 Å². The molecule has 2 N–H and O–H groups in total. The molecule has 1 aromatic carbocycles. The Morgan fingerprint density at radius 1 is 1.22 bits per heavy atom. The second-order valence-corrected chi connectivity index (χ2v) is 7.49. The highest BCUT2D eigenvalue weighted by molar-refractivity contribution is 5.99. The van der Waals surface area contributed by atoms with E-state index in [0.717, 1.165) is 17.4 Å². The van der Waals surface area contributed by atoms with E-state index in [0.29, 0.717) is 41.6 Å². The highest BCUT2D eigenvalue weighted by Gasteiger charge is 2.21. The quantitative estimate of drug-likeness (QED) is 0.561. The zero-order chi connectivity index (χ0) is 22.5. The van der Waals surface area contributed by atoms with E-state index >= 15 is 0 Å². The molecule has 0 aliphatic carbocycles. The third-order valence-corrected chi connectivity index (χ3v) is 5.36. The van der Waals surface area contributed by atoms with Gasteiger partial charge in [0.25, 0.3) is 5.91 Å². The number of amides is 1. The van der Waals surface area contributed by atoms with E-state index in [9.17, 15) is 4.79 Å². The Bertz CT molecular complexity index is 1150. The number of fused-ring (bicyclic) bond motifs is 1. The summed E-state index contributed by atoms with van der Waals surface area (Å²) in [6.45, 7) is 4.98. The minimum atomic E-state index is -0.151. The lowest BCUT2D eigenvalue weighted by molar-refractivity contribution is 0.0952. The zero-order valence-electron chi connectivity index (χ0n) is 18.3. The van der Waals surface area contributed by atoms with Crippen molar-refractivity contribution in [3.05, 3.63) is 48.2 Å². The van der Waals surface area contributed by atoms with E-state index in [1.54, 1.807) is 25.4 Å². The van der Waals surface area contributed by atoms with Crippen LogP contribution in [0.4, 0.5) is 0 Å². The molecule has 0 spiro atoms. The number of aromatic nitrogens is 2. The molecule has 9 nitrogen and oxygen atoms in total. The van der Waals surface area contributed by atoms with Crippen molar-refractivity contribution >= 4 is 16.8 Å². The molecule has 1 amide bonds. The van der Waals surface area contributed by atoms with Crippen molar-refractivity contribution in [3.63, 3.8) is 0 Å². The van der Waals surface area contributed by atoms with Gasteiger partial charge in [0.2, 0.25) is 5.88 Å². The highest BCUT2D eigenvalue weighted by atomic mass is 16.5. The Hall–Kier alpha value is -3.75. The van der Waals surface area contributed by atoms with Gasteiger partial charge >= 0.3 is 0 Å². The van der Waals surface area contributed by atoms with Crippen LogP contribution in [0.2, 0.25) is 0 Å². The van der Waals surface area contributed by atoms with Crippen LogP contribution in [0, 0.1) is 0 Å². The molecule has 0 radical (unpaired) electrons. The van der Waals surface area contributed by atoms with Gasteiger partial charge in [-0.05, 0) is 44.5 Å². The normalized spacial score (nSPS) is 17.2. The number of carbonyl (C=O) groups excluding carboxylic acids is 1. The monoisotopic (exact) mass is 434 g/mol. The van der Waals surface area contributed by atoms with E-state index in [4.69, 9.17) is 14.5 Å². The summed E-state index contributed by atoms with van der Waals surface area (Å²) in [7, 11) is 1.57. The first kappa shape index (κ1) is 21.5. The molecular weight excluding hydrogens is 408 g/mol. The van der Waals surface area contributed by atoms with Crippen LogP contribution in [0.1, 0.15) is 30.6 Å². The molecular formula is C23H26N6O3. The second kappa shape index (κ2) is 9.59. The summed E-state index contributed by atoms with van der Waals surface area (Å²) in [6.07, 6.45) is 2.42. The van der Waals surface area contributed by atoms with E-state index < -0.39 is 0 Å². The number of rotatable bonds is 8. The average Bonchev–Trinajstić information content (AvgIpc) is 3.23. The Morgan fingerprint density at radius 2 is 2.09 bits per heavy atom. The van der Waals surface area contributed by atoms with Crippen molar-refractivity contribution in [2.24, 2.45) is 10.3 Å². The van der Waals surface area contributed by atoms with Crippen molar-refractivity contribution < 1.29 is 14.3 Å². The number of hydrogen-bond donors (Lipinski definition) is 2. The summed E-state index contributed by atoms with van der Waals surface area (Å²) >= 11 is 0. The lowest BCUT2D eigenvalue weighted by Crippen LogP contribution is -2.34. The number of ether oxygens (including phenoxy) is 2. The third-order valence-electron chi connectivity index (χ3n) is 5.36. The van der Waals surface area contributed by atoms with Crippen LogP contribution in [0.5, 0.6) is 11.6 Å². The summed E-state index contributed by atoms with van der Waals surface area (Å²) < 4.78 is 11.1. The highest BCUT2D eigenvalue weighted by Crippen LogP contribution is 2.31. The zero-order valence-corrected chi connectivity index (χ0v) is 18.3. The third kappa shape index (κ3) is 4.61. The van der Waals surface area contributed by atoms with Gasteiger partial charge in [0, 0.05) is 41.4 Å². The van der Waals surface area contributed by atoms with Crippen LogP contribution < -0.4 is 20.2 Å². The number of pyridine rings is 2. The van der Waals surface area contributed by atoms with Crippen LogP contribution in [-0.4, -0.2) is 48.2 Å². The van der Waals surface area contributed by atoms with Crippen molar-refractivity contribution in [2.45, 2.75) is 32.4 Å². The Labute approximate surface area is 186 Å². The minimum absolute atomic E-state index is 0.110. The van der Waals surface area contributed by atoms with Crippen LogP contribution in [0.25, 0.3) is 22.2 Å². The van der Waals surface area contributed by atoms with Crippen LogP contribution >= 0.6 is 0 Å². The van der Waals surface area contributed by atoms with Gasteiger partial charge < -0.3 is 14.8 Å². The number of benzene rings is 1. The number of nitrogens with one attached hydrogen (secondary N) is 2. The molecule has 3 aromatic rings. The Morgan fingerprint density at radius 3 is 2.84 bits per heavy atom. The maximum absolute atomic E-state index is 12.7. The van der Waals surface area contributed by atoms with Crippen LogP contribution in [-0.2, 0) is 0 Å². The van der Waals surface area contributed by atoms with Crippen molar-refractivity contribution in [1.29, 1.82) is 0 Å². The van der Waals surface area contributed by atoms with E-state index in [-0.39, 0.29) is 18.0 Å². The first-order valence-electron chi connectivity index (χ1n) is 10.6. The Kier molecular flexibility index (Phi) is 6.44. The fraction of sp³-hybridized carbons (Fsp3) is 0.348. The number of hydrogen-bond acceptors (Lipinski definition) is 8. The van der Waals surface area contributed by atoms with E-state index in [2.05, 4.69) is 26.1 Å². The fourth-order valence-corrected chi connectivity index (χ4v) is 3.58. The van der Waals surface area contributed by atoms with E-state index in [1.165, 1.54) is 0 Å². The van der Waals surface area contributed by atoms with Gasteiger partial charge in [0.1, 0.15) is 5.75 Å². The summed E-state index contributed by atoms with van der Waals surface area (Å²) in [5.74, 6) is 1.06. The summed E-state index contributed by atoms with van der Waals surface area (Å²) in [5.41, 5.74) is 5.75. The van der Waals surface area contributed by atoms with Crippen molar-refractivity contribution in [2.75, 3.05) is 20.3 Å². The standard InChI is InChI=1S/C23H26N6O3/c1-4-32-21-13-19(15-7-9-24-22(12-15)31-3)26-20-11-16(5-6-17(20)21)23(30)25-10-8-18-14(2)27-29-28-18/h5-7,9,11-14,18H,4,8,10H2,1-3H3,(H,25,30)(H,27,28). The first-order chi connectivity index (χ1) is 15.6. The van der Waals surface area contributed by atoms with Gasteiger partial charge in [0.15, 0.2) is 0 Å². The fourth-order valence-electron chi connectivity index (χ4n) is 3.58. The molecule has 9 heteroatoms. The van der Waals surface area contributed by atoms with Gasteiger partial charge in [-0.1, -0.05) is 5.22 Å². The van der Waals surface area contributed by atoms with Crippen molar-refractivity contribution in [1.82, 2.24) is 20.7 Å². The molecule has 32 heavy (non-hydrogen) atoms. The molecule has 166 valence electrons. The SMILES string of the molecule is CCOc1cc(-c2ccnc(OC)c2)nc2cc(C(=O)NCCC3NN=NC3C)ccc12. The lowest BCUT2D eigenvalue weighted by atomic mass is 10.1. The minimum Gasteiger partial charge on any atom is -0.493 e. The molecule has 1 aliphatic heterocycles. The number of methoxy groups -OCH3 is 1.